The van der Waals surface area contributed by atoms with Crippen molar-refractivity contribution in [1.82, 2.24) is 0 Å². The molecule has 0 radical (unpaired) electrons. The van der Waals surface area contributed by atoms with E-state index in [2.05, 4.69) is 0 Å². The van der Waals surface area contributed by atoms with E-state index < -0.39 is 37.3 Å². The standard InChI is InChI=1S/C15H20O8/c1-6-3-8(4-9(18)11(6)7(2)17)22-15-14(21)13(20)12(19)10(5-16)23-15/h3-4,10,12-16,18-21H,5H2,1-2H3. The van der Waals surface area contributed by atoms with E-state index in [4.69, 9.17) is 14.6 Å². The van der Waals surface area contributed by atoms with Crippen molar-refractivity contribution >= 4 is 5.78 Å². The Kier molecular flexibility index (Phi) is 5.23. The van der Waals surface area contributed by atoms with Gasteiger partial charge < -0.3 is 35.0 Å². The highest BCUT2D eigenvalue weighted by molar-refractivity contribution is 5.98. The monoisotopic (exact) mass is 328 g/mol. The molecule has 1 heterocycles. The highest BCUT2D eigenvalue weighted by Gasteiger charge is 2.44. The van der Waals surface area contributed by atoms with Gasteiger partial charge in [0.2, 0.25) is 6.29 Å². The Labute approximate surface area is 132 Å². The van der Waals surface area contributed by atoms with E-state index in [1.807, 2.05) is 0 Å². The van der Waals surface area contributed by atoms with Gasteiger partial charge in [-0.25, -0.2) is 0 Å². The van der Waals surface area contributed by atoms with Gasteiger partial charge in [0.15, 0.2) is 5.78 Å². The molecule has 5 unspecified atom stereocenters. The summed E-state index contributed by atoms with van der Waals surface area (Å²) in [4.78, 5) is 11.4. The molecule has 0 aliphatic carbocycles. The number of phenolic OH excluding ortho intramolecular Hbond substituents is 1. The summed E-state index contributed by atoms with van der Waals surface area (Å²) in [6.07, 6.45) is -7.04. The van der Waals surface area contributed by atoms with Crippen molar-refractivity contribution < 1.29 is 39.8 Å². The molecule has 1 aromatic carbocycles. The number of carbonyl (C=O) groups excluding carboxylic acids is 1. The fourth-order valence-corrected chi connectivity index (χ4v) is 2.56. The molecule has 23 heavy (non-hydrogen) atoms. The number of ketones is 1. The molecule has 0 aromatic heterocycles. The van der Waals surface area contributed by atoms with Crippen LogP contribution in [0.1, 0.15) is 22.8 Å². The minimum atomic E-state index is -1.56. The quantitative estimate of drug-likeness (QED) is 0.448. The molecule has 1 aliphatic rings. The number of Topliss-reactive ketones (excluding diaryl/α,β-unsaturated/α-hetero) is 1. The second-order valence-electron chi connectivity index (χ2n) is 5.51. The van der Waals surface area contributed by atoms with E-state index >= 15 is 0 Å². The van der Waals surface area contributed by atoms with Gasteiger partial charge in [-0.3, -0.25) is 4.79 Å². The zero-order valence-electron chi connectivity index (χ0n) is 12.7. The number of aryl methyl sites for hydroxylation is 1. The van der Waals surface area contributed by atoms with E-state index in [-0.39, 0.29) is 22.8 Å². The van der Waals surface area contributed by atoms with Crippen LogP contribution in [0.2, 0.25) is 0 Å². The Bertz CT molecular complexity index is 562. The van der Waals surface area contributed by atoms with E-state index in [9.17, 15) is 25.2 Å². The number of ether oxygens (including phenoxy) is 2. The first-order valence-electron chi connectivity index (χ1n) is 7.08. The van der Waals surface area contributed by atoms with Gasteiger partial charge in [-0.2, -0.15) is 0 Å². The molecule has 0 amide bonds. The number of aliphatic hydroxyl groups is 4. The maximum Gasteiger partial charge on any atom is 0.229 e. The van der Waals surface area contributed by atoms with Gasteiger partial charge in [0.25, 0.3) is 0 Å². The minimum Gasteiger partial charge on any atom is -0.507 e. The van der Waals surface area contributed by atoms with Gasteiger partial charge in [0.05, 0.1) is 12.2 Å². The van der Waals surface area contributed by atoms with Crippen molar-refractivity contribution in [1.29, 1.82) is 0 Å². The van der Waals surface area contributed by atoms with E-state index in [0.717, 1.165) is 0 Å². The first-order valence-corrected chi connectivity index (χ1v) is 7.08. The van der Waals surface area contributed by atoms with Crippen LogP contribution in [0.15, 0.2) is 12.1 Å². The van der Waals surface area contributed by atoms with Crippen molar-refractivity contribution in [3.05, 3.63) is 23.3 Å². The number of aliphatic hydroxyl groups excluding tert-OH is 4. The minimum absolute atomic E-state index is 0.106. The Hall–Kier alpha value is -1.71. The molecular weight excluding hydrogens is 308 g/mol. The molecule has 2 rings (SSSR count). The summed E-state index contributed by atoms with van der Waals surface area (Å²) < 4.78 is 10.6. The van der Waals surface area contributed by atoms with Crippen molar-refractivity contribution in [2.75, 3.05) is 6.61 Å². The first-order chi connectivity index (χ1) is 10.8. The molecule has 8 nitrogen and oxygen atoms in total. The van der Waals surface area contributed by atoms with Crippen LogP contribution >= 0.6 is 0 Å². The molecule has 0 saturated carbocycles. The van der Waals surface area contributed by atoms with Gasteiger partial charge >= 0.3 is 0 Å². The molecule has 0 spiro atoms. The van der Waals surface area contributed by atoms with E-state index in [1.165, 1.54) is 19.1 Å². The molecule has 1 aromatic rings. The Morgan fingerprint density at radius 1 is 1.22 bits per heavy atom. The normalized spacial score (nSPS) is 31.0. The lowest BCUT2D eigenvalue weighted by Crippen LogP contribution is -2.60. The third-order valence-corrected chi connectivity index (χ3v) is 3.74. The smallest absolute Gasteiger partial charge is 0.229 e. The number of carbonyl (C=O) groups is 1. The van der Waals surface area contributed by atoms with Gasteiger partial charge in [-0.15, -0.1) is 0 Å². The second-order valence-corrected chi connectivity index (χ2v) is 5.51. The van der Waals surface area contributed by atoms with Crippen molar-refractivity contribution in [2.45, 2.75) is 44.6 Å². The molecule has 0 bridgehead atoms. The van der Waals surface area contributed by atoms with Crippen LogP contribution in [-0.2, 0) is 4.74 Å². The lowest BCUT2D eigenvalue weighted by atomic mass is 9.99. The second kappa shape index (κ2) is 6.81. The Morgan fingerprint density at radius 2 is 1.87 bits per heavy atom. The van der Waals surface area contributed by atoms with Crippen LogP contribution in [0, 0.1) is 6.92 Å². The molecule has 1 fully saturated rings. The molecule has 128 valence electrons. The lowest BCUT2D eigenvalue weighted by Gasteiger charge is -2.39. The summed E-state index contributed by atoms with van der Waals surface area (Å²) in [5.74, 6) is -0.481. The van der Waals surface area contributed by atoms with Crippen LogP contribution in [0.25, 0.3) is 0 Å². The largest absolute Gasteiger partial charge is 0.507 e. The first kappa shape index (κ1) is 17.6. The van der Waals surface area contributed by atoms with Crippen LogP contribution < -0.4 is 4.74 Å². The van der Waals surface area contributed by atoms with Gasteiger partial charge in [0, 0.05) is 6.07 Å². The summed E-state index contributed by atoms with van der Waals surface area (Å²) in [5, 5.41) is 48.3. The summed E-state index contributed by atoms with van der Waals surface area (Å²) in [7, 11) is 0. The van der Waals surface area contributed by atoms with Crippen molar-refractivity contribution in [3.8, 4) is 11.5 Å². The predicted octanol–water partition coefficient (Wildman–Crippen LogP) is -0.918. The SMILES string of the molecule is CC(=O)c1c(C)cc(OC2OC(CO)C(O)C(O)C2O)cc1O. The summed E-state index contributed by atoms with van der Waals surface area (Å²) >= 11 is 0. The van der Waals surface area contributed by atoms with Gasteiger partial charge in [0.1, 0.15) is 35.9 Å². The Balaban J connectivity index is 2.23. The van der Waals surface area contributed by atoms with Crippen molar-refractivity contribution in [3.63, 3.8) is 0 Å². The number of hydrogen-bond acceptors (Lipinski definition) is 8. The molecule has 1 saturated heterocycles. The number of hydrogen-bond donors (Lipinski definition) is 5. The number of benzene rings is 1. The van der Waals surface area contributed by atoms with Crippen LogP contribution in [0.3, 0.4) is 0 Å². The highest BCUT2D eigenvalue weighted by Crippen LogP contribution is 2.30. The summed E-state index contributed by atoms with van der Waals surface area (Å²) in [6.45, 7) is 2.36. The Morgan fingerprint density at radius 3 is 2.39 bits per heavy atom. The third-order valence-electron chi connectivity index (χ3n) is 3.74. The topological polar surface area (TPSA) is 137 Å². The zero-order valence-corrected chi connectivity index (χ0v) is 12.7. The maximum atomic E-state index is 11.4. The van der Waals surface area contributed by atoms with E-state index in [1.54, 1.807) is 6.92 Å². The number of aromatic hydroxyl groups is 1. The molecular formula is C15H20O8. The molecule has 5 atom stereocenters. The average Bonchev–Trinajstić information content (AvgIpc) is 2.46. The predicted molar refractivity (Wildman–Crippen MR) is 77.2 cm³/mol. The average molecular weight is 328 g/mol. The lowest BCUT2D eigenvalue weighted by molar-refractivity contribution is -0.277. The zero-order chi connectivity index (χ0) is 17.3. The highest BCUT2D eigenvalue weighted by atomic mass is 16.7. The summed E-state index contributed by atoms with van der Waals surface area (Å²) in [5.41, 5.74) is 0.628. The molecule has 1 aliphatic heterocycles. The molecule has 8 heteroatoms. The fourth-order valence-electron chi connectivity index (χ4n) is 2.56. The summed E-state index contributed by atoms with van der Waals surface area (Å²) in [6, 6.07) is 2.66. The van der Waals surface area contributed by atoms with Crippen molar-refractivity contribution in [2.24, 2.45) is 0 Å². The number of phenols is 1. The van der Waals surface area contributed by atoms with Gasteiger partial charge in [-0.1, -0.05) is 0 Å². The van der Waals surface area contributed by atoms with E-state index in [0.29, 0.717) is 5.56 Å². The van der Waals surface area contributed by atoms with Crippen LogP contribution in [0.5, 0.6) is 11.5 Å². The maximum absolute atomic E-state index is 11.4. The van der Waals surface area contributed by atoms with Crippen LogP contribution in [-0.4, -0.2) is 68.6 Å². The number of rotatable bonds is 4. The fraction of sp³-hybridized carbons (Fsp3) is 0.533. The van der Waals surface area contributed by atoms with Gasteiger partial charge in [-0.05, 0) is 25.5 Å². The third kappa shape index (κ3) is 3.46. The molecule has 5 N–H and O–H groups in total. The van der Waals surface area contributed by atoms with Crippen LogP contribution in [0.4, 0.5) is 0 Å².